The number of nitrogens with one attached hydrogen (secondary N) is 2. The van der Waals surface area contributed by atoms with Gasteiger partial charge in [0.1, 0.15) is 0 Å². The molecule has 8 nitrogen and oxygen atoms in total. The predicted octanol–water partition coefficient (Wildman–Crippen LogP) is 3.38. The minimum absolute atomic E-state index is 0.107. The van der Waals surface area contributed by atoms with Gasteiger partial charge in [-0.05, 0) is 38.3 Å². The molecular formula is C20H29N7O. The first kappa shape index (κ1) is 20.0. The number of hydrogen-bond acceptors (Lipinski definition) is 7. The molecule has 3 aromatic heterocycles. The van der Waals surface area contributed by atoms with Crippen LogP contribution in [0, 0.1) is 0 Å². The zero-order valence-corrected chi connectivity index (χ0v) is 16.9. The van der Waals surface area contributed by atoms with Gasteiger partial charge in [0.05, 0.1) is 18.5 Å². The fourth-order valence-corrected chi connectivity index (χ4v) is 3.09. The van der Waals surface area contributed by atoms with Gasteiger partial charge in [-0.25, -0.2) is 4.98 Å². The van der Waals surface area contributed by atoms with Crippen molar-refractivity contribution in [1.82, 2.24) is 24.5 Å². The van der Waals surface area contributed by atoms with E-state index in [1.54, 1.807) is 12.5 Å². The van der Waals surface area contributed by atoms with Crippen LogP contribution in [0.4, 0.5) is 11.8 Å². The minimum Gasteiger partial charge on any atom is -0.391 e. The number of fused-ring (bicyclic) bond motifs is 1. The molecule has 0 amide bonds. The molecule has 0 unspecified atom stereocenters. The van der Waals surface area contributed by atoms with E-state index in [4.69, 9.17) is 4.98 Å². The lowest BCUT2D eigenvalue weighted by atomic mass is 10.1. The molecule has 0 fully saturated rings. The first-order valence-corrected chi connectivity index (χ1v) is 9.85. The molecule has 0 aliphatic rings. The molecule has 3 aromatic rings. The molecule has 150 valence electrons. The number of imidazole rings is 1. The Morgan fingerprint density at radius 3 is 2.64 bits per heavy atom. The Morgan fingerprint density at radius 2 is 2.00 bits per heavy atom. The average molecular weight is 384 g/mol. The summed E-state index contributed by atoms with van der Waals surface area (Å²) < 4.78 is 2.02. The van der Waals surface area contributed by atoms with Crippen molar-refractivity contribution in [2.24, 2.45) is 0 Å². The zero-order chi connectivity index (χ0) is 20.1. The standard InChI is InChI=1S/C20H29N7O/c1-5-15(16(28)6-2)24-20-25-18(22-11-14-8-7-9-21-10-14)17-19(26-20)27(12-23-17)13(3)4/h7-10,12-13,15-16,28H,5-6,11H2,1-4H3,(H2,22,24,25,26)/t15-,16-/m0/s1. The highest BCUT2D eigenvalue weighted by molar-refractivity contribution is 5.84. The first-order valence-electron chi connectivity index (χ1n) is 9.85. The van der Waals surface area contributed by atoms with E-state index in [0.29, 0.717) is 24.7 Å². The summed E-state index contributed by atoms with van der Waals surface area (Å²) in [5.74, 6) is 1.15. The molecule has 3 N–H and O–H groups in total. The summed E-state index contributed by atoms with van der Waals surface area (Å²) in [7, 11) is 0. The summed E-state index contributed by atoms with van der Waals surface area (Å²) in [4.78, 5) is 18.0. The normalized spacial score (nSPS) is 13.6. The number of pyridine rings is 1. The third kappa shape index (κ3) is 4.39. The van der Waals surface area contributed by atoms with Crippen molar-refractivity contribution in [1.29, 1.82) is 0 Å². The Bertz CT molecular complexity index is 894. The molecule has 0 saturated carbocycles. The molecule has 8 heteroatoms. The molecule has 3 heterocycles. The summed E-state index contributed by atoms with van der Waals surface area (Å²) in [6.45, 7) is 8.77. The van der Waals surface area contributed by atoms with Crippen LogP contribution in [-0.4, -0.2) is 41.8 Å². The lowest BCUT2D eigenvalue weighted by Gasteiger charge is -2.22. The summed E-state index contributed by atoms with van der Waals surface area (Å²) >= 11 is 0. The summed E-state index contributed by atoms with van der Waals surface area (Å²) in [6.07, 6.45) is 6.36. The maximum Gasteiger partial charge on any atom is 0.227 e. The van der Waals surface area contributed by atoms with E-state index in [2.05, 4.69) is 39.4 Å². The quantitative estimate of drug-likeness (QED) is 0.521. The van der Waals surface area contributed by atoms with Crippen LogP contribution in [0.5, 0.6) is 0 Å². The fraction of sp³-hybridized carbons (Fsp3) is 0.500. The van der Waals surface area contributed by atoms with Gasteiger partial charge in [-0.15, -0.1) is 0 Å². The average Bonchev–Trinajstić information content (AvgIpc) is 3.14. The molecule has 28 heavy (non-hydrogen) atoms. The lowest BCUT2D eigenvalue weighted by molar-refractivity contribution is 0.146. The maximum absolute atomic E-state index is 10.3. The van der Waals surface area contributed by atoms with E-state index in [1.165, 1.54) is 0 Å². The SMILES string of the molecule is CC[C@H](Nc1nc(NCc2cccnc2)c2ncn(C(C)C)c2n1)[C@@H](O)CC. The molecule has 0 aromatic carbocycles. The van der Waals surface area contributed by atoms with E-state index < -0.39 is 6.10 Å². The second-order valence-corrected chi connectivity index (χ2v) is 7.16. The van der Waals surface area contributed by atoms with Gasteiger partial charge < -0.3 is 20.3 Å². The molecule has 0 aliphatic carbocycles. The molecule has 2 atom stereocenters. The van der Waals surface area contributed by atoms with Gasteiger partial charge in [-0.1, -0.05) is 19.9 Å². The van der Waals surface area contributed by atoms with Crippen LogP contribution in [0.2, 0.25) is 0 Å². The van der Waals surface area contributed by atoms with Gasteiger partial charge in [-0.3, -0.25) is 4.98 Å². The third-order valence-electron chi connectivity index (χ3n) is 4.80. The van der Waals surface area contributed by atoms with Crippen molar-refractivity contribution in [3.05, 3.63) is 36.4 Å². The van der Waals surface area contributed by atoms with Crippen molar-refractivity contribution in [3.63, 3.8) is 0 Å². The number of nitrogens with zero attached hydrogens (tertiary/aromatic N) is 5. The van der Waals surface area contributed by atoms with Gasteiger partial charge in [0.15, 0.2) is 17.0 Å². The van der Waals surface area contributed by atoms with E-state index in [-0.39, 0.29) is 12.1 Å². The topological polar surface area (TPSA) is 101 Å². The lowest BCUT2D eigenvalue weighted by Crippen LogP contribution is -2.33. The summed E-state index contributed by atoms with van der Waals surface area (Å²) in [6, 6.07) is 4.03. The Labute approximate surface area is 165 Å². The molecule has 0 radical (unpaired) electrons. The second kappa shape index (κ2) is 8.97. The number of aliphatic hydroxyl groups is 1. The van der Waals surface area contributed by atoms with Crippen LogP contribution in [0.3, 0.4) is 0 Å². The van der Waals surface area contributed by atoms with E-state index in [9.17, 15) is 5.11 Å². The highest BCUT2D eigenvalue weighted by Gasteiger charge is 2.19. The highest BCUT2D eigenvalue weighted by atomic mass is 16.3. The largest absolute Gasteiger partial charge is 0.391 e. The van der Waals surface area contributed by atoms with Crippen molar-refractivity contribution >= 4 is 22.9 Å². The molecule has 0 aliphatic heterocycles. The van der Waals surface area contributed by atoms with Gasteiger partial charge in [0.25, 0.3) is 0 Å². The number of anilines is 2. The van der Waals surface area contributed by atoms with Crippen molar-refractivity contribution in [2.75, 3.05) is 10.6 Å². The second-order valence-electron chi connectivity index (χ2n) is 7.16. The molecule has 0 spiro atoms. The van der Waals surface area contributed by atoms with Crippen molar-refractivity contribution in [2.45, 2.75) is 65.3 Å². The van der Waals surface area contributed by atoms with Gasteiger partial charge in [0.2, 0.25) is 5.95 Å². The number of hydrogen-bond donors (Lipinski definition) is 3. The van der Waals surface area contributed by atoms with Gasteiger partial charge in [-0.2, -0.15) is 9.97 Å². The smallest absolute Gasteiger partial charge is 0.227 e. The predicted molar refractivity (Wildman–Crippen MR) is 111 cm³/mol. The van der Waals surface area contributed by atoms with Gasteiger partial charge in [0, 0.05) is 25.0 Å². The highest BCUT2D eigenvalue weighted by Crippen LogP contribution is 2.24. The number of rotatable bonds is 9. The molecule has 0 saturated heterocycles. The van der Waals surface area contributed by atoms with Crippen LogP contribution in [0.1, 0.15) is 52.1 Å². The Balaban J connectivity index is 1.95. The maximum atomic E-state index is 10.3. The van der Waals surface area contributed by atoms with E-state index in [0.717, 1.165) is 23.1 Å². The molecular weight excluding hydrogens is 354 g/mol. The van der Waals surface area contributed by atoms with E-state index >= 15 is 0 Å². The first-order chi connectivity index (χ1) is 13.5. The van der Waals surface area contributed by atoms with Crippen LogP contribution in [-0.2, 0) is 6.54 Å². The third-order valence-corrected chi connectivity index (χ3v) is 4.80. The monoisotopic (exact) mass is 383 g/mol. The number of aromatic nitrogens is 5. The molecule has 3 rings (SSSR count). The van der Waals surface area contributed by atoms with Crippen LogP contribution in [0.15, 0.2) is 30.9 Å². The Morgan fingerprint density at radius 1 is 1.18 bits per heavy atom. The zero-order valence-electron chi connectivity index (χ0n) is 16.9. The molecule has 0 bridgehead atoms. The van der Waals surface area contributed by atoms with Gasteiger partial charge >= 0.3 is 0 Å². The number of aliphatic hydroxyl groups excluding tert-OH is 1. The van der Waals surface area contributed by atoms with Crippen molar-refractivity contribution in [3.8, 4) is 0 Å². The summed E-state index contributed by atoms with van der Waals surface area (Å²) in [5.41, 5.74) is 2.55. The fourth-order valence-electron chi connectivity index (χ4n) is 3.09. The van der Waals surface area contributed by atoms with Crippen LogP contribution >= 0.6 is 0 Å². The Kier molecular flexibility index (Phi) is 6.41. The van der Waals surface area contributed by atoms with Crippen LogP contribution < -0.4 is 10.6 Å². The summed E-state index contributed by atoms with van der Waals surface area (Å²) in [5, 5.41) is 16.9. The minimum atomic E-state index is -0.453. The van der Waals surface area contributed by atoms with Crippen molar-refractivity contribution < 1.29 is 5.11 Å². The van der Waals surface area contributed by atoms with Crippen LogP contribution in [0.25, 0.3) is 11.2 Å². The Hall–Kier alpha value is -2.74. The van der Waals surface area contributed by atoms with E-state index in [1.807, 2.05) is 36.7 Å².